The van der Waals surface area contributed by atoms with Crippen LogP contribution in [0.15, 0.2) is 54.7 Å². The zero-order valence-corrected chi connectivity index (χ0v) is 11.3. The summed E-state index contributed by atoms with van der Waals surface area (Å²) in [6.07, 6.45) is 1.86. The monoisotopic (exact) mass is 286 g/mol. The lowest BCUT2D eigenvalue weighted by atomic mass is 10.1. The van der Waals surface area contributed by atoms with Crippen molar-refractivity contribution in [1.29, 1.82) is 0 Å². The average molecular weight is 286 g/mol. The Balaban J connectivity index is 1.81. The van der Waals surface area contributed by atoms with Gasteiger partial charge in [-0.25, -0.2) is 8.78 Å². The van der Waals surface area contributed by atoms with Crippen LogP contribution < -0.4 is 4.74 Å². The maximum Gasteiger partial charge on any atom is 0.133 e. The van der Waals surface area contributed by atoms with E-state index in [1.54, 1.807) is 16.8 Å². The van der Waals surface area contributed by atoms with Crippen molar-refractivity contribution in [3.8, 4) is 22.8 Å². The van der Waals surface area contributed by atoms with Gasteiger partial charge in [0.25, 0.3) is 0 Å². The number of hydrogen-bond acceptors (Lipinski definition) is 2. The molecule has 0 bridgehead atoms. The maximum atomic E-state index is 13.1. The summed E-state index contributed by atoms with van der Waals surface area (Å²) in [6.45, 7) is 0. The third-order valence-electron chi connectivity index (χ3n) is 2.94. The summed E-state index contributed by atoms with van der Waals surface area (Å²) in [5.74, 6) is -0.719. The smallest absolute Gasteiger partial charge is 0.133 e. The summed E-state index contributed by atoms with van der Waals surface area (Å²) in [5, 5.41) is 4.29. The van der Waals surface area contributed by atoms with Gasteiger partial charge in [0.05, 0.1) is 5.69 Å². The van der Waals surface area contributed by atoms with Crippen molar-refractivity contribution in [3.63, 3.8) is 0 Å². The van der Waals surface area contributed by atoms with Crippen LogP contribution in [-0.2, 0) is 7.05 Å². The predicted octanol–water partition coefficient (Wildman–Crippen LogP) is 4.16. The number of halogens is 2. The summed E-state index contributed by atoms with van der Waals surface area (Å²) in [4.78, 5) is 0. The van der Waals surface area contributed by atoms with Gasteiger partial charge in [-0.2, -0.15) is 5.10 Å². The largest absolute Gasteiger partial charge is 0.457 e. The Bertz CT molecular complexity index is 746. The molecule has 106 valence electrons. The van der Waals surface area contributed by atoms with Crippen molar-refractivity contribution >= 4 is 0 Å². The molecule has 5 heteroatoms. The third kappa shape index (κ3) is 3.08. The number of ether oxygens (including phenoxy) is 1. The van der Waals surface area contributed by atoms with E-state index >= 15 is 0 Å². The highest BCUT2D eigenvalue weighted by Crippen LogP contribution is 2.26. The van der Waals surface area contributed by atoms with Crippen molar-refractivity contribution in [1.82, 2.24) is 9.78 Å². The lowest BCUT2D eigenvalue weighted by Gasteiger charge is -2.06. The Labute approximate surface area is 120 Å². The molecule has 3 rings (SSSR count). The highest BCUT2D eigenvalue weighted by Gasteiger charge is 2.05. The average Bonchev–Trinajstić information content (AvgIpc) is 2.85. The van der Waals surface area contributed by atoms with Gasteiger partial charge in [-0.15, -0.1) is 0 Å². The van der Waals surface area contributed by atoms with Crippen LogP contribution in [0.3, 0.4) is 0 Å². The molecule has 1 aromatic heterocycles. The van der Waals surface area contributed by atoms with Crippen LogP contribution in [0, 0.1) is 11.6 Å². The second-order valence-electron chi connectivity index (χ2n) is 4.61. The third-order valence-corrected chi connectivity index (χ3v) is 2.94. The minimum atomic E-state index is -0.671. The van der Waals surface area contributed by atoms with Crippen LogP contribution in [-0.4, -0.2) is 9.78 Å². The minimum absolute atomic E-state index is 0.123. The molecule has 0 N–H and O–H groups in total. The van der Waals surface area contributed by atoms with E-state index in [2.05, 4.69) is 5.10 Å². The first-order valence-corrected chi connectivity index (χ1v) is 6.34. The Morgan fingerprint density at radius 3 is 2.14 bits per heavy atom. The van der Waals surface area contributed by atoms with E-state index in [9.17, 15) is 8.78 Å². The fourth-order valence-electron chi connectivity index (χ4n) is 1.99. The maximum absolute atomic E-state index is 13.1. The normalized spacial score (nSPS) is 10.6. The van der Waals surface area contributed by atoms with Gasteiger partial charge in [-0.05, 0) is 30.3 Å². The van der Waals surface area contributed by atoms with Crippen LogP contribution in [0.4, 0.5) is 8.78 Å². The van der Waals surface area contributed by atoms with Gasteiger partial charge in [-0.1, -0.05) is 0 Å². The SMILES string of the molecule is Cn1ccc(-c2ccc(Oc3cc(F)cc(F)c3)cc2)n1. The van der Waals surface area contributed by atoms with Crippen LogP contribution in [0.25, 0.3) is 11.3 Å². The zero-order valence-electron chi connectivity index (χ0n) is 11.3. The number of aryl methyl sites for hydroxylation is 1. The molecular weight excluding hydrogens is 274 g/mol. The van der Waals surface area contributed by atoms with Crippen LogP contribution in [0.2, 0.25) is 0 Å². The molecule has 0 aliphatic rings. The van der Waals surface area contributed by atoms with Gasteiger partial charge in [0.2, 0.25) is 0 Å². The second-order valence-corrected chi connectivity index (χ2v) is 4.61. The van der Waals surface area contributed by atoms with Gasteiger partial charge < -0.3 is 4.74 Å². The lowest BCUT2D eigenvalue weighted by molar-refractivity contribution is 0.468. The molecule has 0 saturated heterocycles. The summed E-state index contributed by atoms with van der Waals surface area (Å²) >= 11 is 0. The summed E-state index contributed by atoms with van der Waals surface area (Å²) in [6, 6.07) is 12.1. The molecular formula is C16H12F2N2O. The van der Waals surface area contributed by atoms with Gasteiger partial charge in [0, 0.05) is 37.0 Å². The van der Waals surface area contributed by atoms with E-state index in [0.717, 1.165) is 29.5 Å². The molecule has 3 nitrogen and oxygen atoms in total. The lowest BCUT2D eigenvalue weighted by Crippen LogP contribution is -1.89. The molecule has 0 saturated carbocycles. The molecule has 0 amide bonds. The number of benzene rings is 2. The molecule has 0 spiro atoms. The first-order chi connectivity index (χ1) is 10.1. The molecule has 21 heavy (non-hydrogen) atoms. The molecule has 2 aromatic carbocycles. The molecule has 0 aliphatic carbocycles. The van der Waals surface area contributed by atoms with Crippen molar-refractivity contribution in [2.45, 2.75) is 0 Å². The Morgan fingerprint density at radius 1 is 0.905 bits per heavy atom. The Hall–Kier alpha value is -2.69. The Morgan fingerprint density at radius 2 is 1.57 bits per heavy atom. The zero-order chi connectivity index (χ0) is 14.8. The number of nitrogens with zero attached hydrogens (tertiary/aromatic N) is 2. The fourth-order valence-corrected chi connectivity index (χ4v) is 1.99. The molecule has 0 fully saturated rings. The summed E-state index contributed by atoms with van der Waals surface area (Å²) in [5.41, 5.74) is 1.79. The first-order valence-electron chi connectivity index (χ1n) is 6.34. The summed E-state index contributed by atoms with van der Waals surface area (Å²) < 4.78 is 33.3. The molecule has 1 heterocycles. The van der Waals surface area contributed by atoms with E-state index in [0.29, 0.717) is 5.75 Å². The number of rotatable bonds is 3. The van der Waals surface area contributed by atoms with E-state index in [-0.39, 0.29) is 5.75 Å². The van der Waals surface area contributed by atoms with Gasteiger partial charge >= 0.3 is 0 Å². The highest BCUT2D eigenvalue weighted by molar-refractivity contribution is 5.59. The van der Waals surface area contributed by atoms with Crippen molar-refractivity contribution < 1.29 is 13.5 Å². The van der Waals surface area contributed by atoms with Crippen molar-refractivity contribution in [2.75, 3.05) is 0 Å². The van der Waals surface area contributed by atoms with Gasteiger partial charge in [0.15, 0.2) is 0 Å². The quantitative estimate of drug-likeness (QED) is 0.723. The topological polar surface area (TPSA) is 27.1 Å². The van der Waals surface area contributed by atoms with Gasteiger partial charge in [0.1, 0.15) is 23.1 Å². The number of aromatic nitrogens is 2. The first kappa shape index (κ1) is 13.3. The second kappa shape index (κ2) is 5.36. The van der Waals surface area contributed by atoms with Crippen molar-refractivity contribution in [2.24, 2.45) is 7.05 Å². The molecule has 0 atom stereocenters. The molecule has 0 unspecified atom stereocenters. The highest BCUT2D eigenvalue weighted by atomic mass is 19.1. The van der Waals surface area contributed by atoms with Crippen LogP contribution in [0.1, 0.15) is 0 Å². The van der Waals surface area contributed by atoms with E-state index < -0.39 is 11.6 Å². The van der Waals surface area contributed by atoms with Gasteiger partial charge in [-0.3, -0.25) is 4.68 Å². The minimum Gasteiger partial charge on any atom is -0.457 e. The molecule has 0 radical (unpaired) electrons. The van der Waals surface area contributed by atoms with Crippen molar-refractivity contribution in [3.05, 3.63) is 66.4 Å². The standard InChI is InChI=1S/C16H12F2N2O/c1-20-7-6-16(19-20)11-2-4-14(5-3-11)21-15-9-12(17)8-13(18)10-15/h2-10H,1H3. The number of hydrogen-bond donors (Lipinski definition) is 0. The Kier molecular flexibility index (Phi) is 3.39. The van der Waals surface area contributed by atoms with E-state index in [1.807, 2.05) is 31.4 Å². The van der Waals surface area contributed by atoms with E-state index in [1.165, 1.54) is 0 Å². The van der Waals surface area contributed by atoms with E-state index in [4.69, 9.17) is 4.74 Å². The summed E-state index contributed by atoms with van der Waals surface area (Å²) in [7, 11) is 1.85. The van der Waals surface area contributed by atoms with Crippen LogP contribution in [0.5, 0.6) is 11.5 Å². The molecule has 0 aliphatic heterocycles. The predicted molar refractivity (Wildman–Crippen MR) is 75.1 cm³/mol. The fraction of sp³-hybridized carbons (Fsp3) is 0.0625. The molecule has 3 aromatic rings. The van der Waals surface area contributed by atoms with Crippen LogP contribution >= 0.6 is 0 Å².